The molecule has 0 amide bonds. The van der Waals surface area contributed by atoms with E-state index in [9.17, 15) is 4.39 Å². The highest BCUT2D eigenvalue weighted by Gasteiger charge is 2.28. The van der Waals surface area contributed by atoms with Gasteiger partial charge >= 0.3 is 0 Å². The molecule has 2 atom stereocenters. The minimum Gasteiger partial charge on any atom is -0.487 e. The SMILES string of the molecule is FCCOc1ccccc1OC(c1ccccc1)[C@@H]1CNCCO1. The number of hydrogen-bond acceptors (Lipinski definition) is 4. The normalized spacial score (nSPS) is 18.8. The summed E-state index contributed by atoms with van der Waals surface area (Å²) in [5, 5.41) is 3.33. The molecule has 1 aliphatic rings. The summed E-state index contributed by atoms with van der Waals surface area (Å²) >= 11 is 0. The molecule has 0 aliphatic carbocycles. The summed E-state index contributed by atoms with van der Waals surface area (Å²) < 4.78 is 30.0. The number of halogens is 1. The second kappa shape index (κ2) is 8.66. The zero-order valence-electron chi connectivity index (χ0n) is 13.5. The first-order chi connectivity index (χ1) is 11.9. The summed E-state index contributed by atoms with van der Waals surface area (Å²) in [7, 11) is 0. The Kier molecular flexibility index (Phi) is 6.04. The number of rotatable bonds is 7. The number of hydrogen-bond donors (Lipinski definition) is 1. The van der Waals surface area contributed by atoms with Crippen molar-refractivity contribution in [3.63, 3.8) is 0 Å². The van der Waals surface area contributed by atoms with Gasteiger partial charge in [-0.3, -0.25) is 0 Å². The maximum absolute atomic E-state index is 12.4. The van der Waals surface area contributed by atoms with E-state index in [1.54, 1.807) is 6.07 Å². The van der Waals surface area contributed by atoms with Gasteiger partial charge in [-0.1, -0.05) is 42.5 Å². The molecule has 2 aromatic rings. The maximum Gasteiger partial charge on any atom is 0.162 e. The Bertz CT molecular complexity index is 617. The minimum atomic E-state index is -0.536. The van der Waals surface area contributed by atoms with E-state index in [1.807, 2.05) is 48.5 Å². The third kappa shape index (κ3) is 4.24. The van der Waals surface area contributed by atoms with Crippen LogP contribution in [0.4, 0.5) is 4.39 Å². The molecule has 1 fully saturated rings. The van der Waals surface area contributed by atoms with Crippen LogP contribution >= 0.6 is 0 Å². The predicted molar refractivity (Wildman–Crippen MR) is 90.3 cm³/mol. The number of ether oxygens (including phenoxy) is 3. The van der Waals surface area contributed by atoms with Crippen LogP contribution in [0.5, 0.6) is 11.5 Å². The summed E-state index contributed by atoms with van der Waals surface area (Å²) in [4.78, 5) is 0. The molecule has 5 heteroatoms. The number of para-hydroxylation sites is 2. The largest absolute Gasteiger partial charge is 0.487 e. The lowest BCUT2D eigenvalue weighted by atomic mass is 10.0. The lowest BCUT2D eigenvalue weighted by Crippen LogP contribution is -2.43. The van der Waals surface area contributed by atoms with Crippen LogP contribution in [0.25, 0.3) is 0 Å². The number of benzene rings is 2. The van der Waals surface area contributed by atoms with E-state index in [4.69, 9.17) is 14.2 Å². The van der Waals surface area contributed by atoms with E-state index in [0.29, 0.717) is 24.7 Å². The molecule has 128 valence electrons. The predicted octanol–water partition coefficient (Wildman–Crippen LogP) is 3.14. The highest BCUT2D eigenvalue weighted by atomic mass is 19.1. The molecule has 0 aromatic heterocycles. The number of morpholine rings is 1. The van der Waals surface area contributed by atoms with Crippen molar-refractivity contribution in [2.45, 2.75) is 12.2 Å². The van der Waals surface area contributed by atoms with Crippen LogP contribution in [0, 0.1) is 0 Å². The molecular formula is C19H22FNO3. The zero-order chi connectivity index (χ0) is 16.6. The molecule has 0 radical (unpaired) electrons. The fraction of sp³-hybridized carbons (Fsp3) is 0.368. The second-order valence-corrected chi connectivity index (χ2v) is 5.55. The lowest BCUT2D eigenvalue weighted by Gasteiger charge is -2.32. The van der Waals surface area contributed by atoms with Crippen LogP contribution in [-0.4, -0.2) is 39.1 Å². The second-order valence-electron chi connectivity index (χ2n) is 5.55. The molecule has 24 heavy (non-hydrogen) atoms. The molecule has 1 saturated heterocycles. The maximum atomic E-state index is 12.4. The quantitative estimate of drug-likeness (QED) is 0.846. The first-order valence-electron chi connectivity index (χ1n) is 8.20. The van der Waals surface area contributed by atoms with E-state index in [1.165, 1.54) is 0 Å². The van der Waals surface area contributed by atoms with Gasteiger partial charge < -0.3 is 19.5 Å². The van der Waals surface area contributed by atoms with E-state index < -0.39 is 6.67 Å². The van der Waals surface area contributed by atoms with Crippen molar-refractivity contribution >= 4 is 0 Å². The van der Waals surface area contributed by atoms with E-state index in [0.717, 1.165) is 12.1 Å². The minimum absolute atomic E-state index is 0.0118. The van der Waals surface area contributed by atoms with Gasteiger partial charge in [0, 0.05) is 13.1 Å². The molecule has 1 unspecified atom stereocenters. The first kappa shape index (κ1) is 16.7. The van der Waals surface area contributed by atoms with Crippen LogP contribution < -0.4 is 14.8 Å². The summed E-state index contributed by atoms with van der Waals surface area (Å²) in [6.07, 6.45) is -0.371. The van der Waals surface area contributed by atoms with Gasteiger partial charge in [-0.05, 0) is 17.7 Å². The Labute approximate surface area is 141 Å². The van der Waals surface area contributed by atoms with Crippen molar-refractivity contribution < 1.29 is 18.6 Å². The number of alkyl halides is 1. The lowest BCUT2D eigenvalue weighted by molar-refractivity contribution is -0.0439. The van der Waals surface area contributed by atoms with Gasteiger partial charge in [-0.15, -0.1) is 0 Å². The highest BCUT2D eigenvalue weighted by Crippen LogP contribution is 2.33. The van der Waals surface area contributed by atoms with Gasteiger partial charge in [0.1, 0.15) is 19.4 Å². The molecule has 2 aromatic carbocycles. The smallest absolute Gasteiger partial charge is 0.162 e. The monoisotopic (exact) mass is 331 g/mol. The Morgan fingerprint density at radius 3 is 2.54 bits per heavy atom. The molecule has 1 heterocycles. The highest BCUT2D eigenvalue weighted by molar-refractivity contribution is 5.40. The van der Waals surface area contributed by atoms with Crippen molar-refractivity contribution in [2.24, 2.45) is 0 Å². The van der Waals surface area contributed by atoms with Crippen molar-refractivity contribution in [1.29, 1.82) is 0 Å². The van der Waals surface area contributed by atoms with Gasteiger partial charge in [0.2, 0.25) is 0 Å². The average molecular weight is 331 g/mol. The molecule has 0 saturated carbocycles. The first-order valence-corrected chi connectivity index (χ1v) is 8.20. The molecular weight excluding hydrogens is 309 g/mol. The molecule has 4 nitrogen and oxygen atoms in total. The zero-order valence-corrected chi connectivity index (χ0v) is 13.5. The van der Waals surface area contributed by atoms with Gasteiger partial charge in [0.05, 0.1) is 6.61 Å². The molecule has 0 bridgehead atoms. The topological polar surface area (TPSA) is 39.7 Å². The molecule has 3 rings (SSSR count). The van der Waals surface area contributed by atoms with E-state index in [2.05, 4.69) is 5.32 Å². The third-order valence-electron chi connectivity index (χ3n) is 3.86. The summed E-state index contributed by atoms with van der Waals surface area (Å²) in [6, 6.07) is 17.3. The van der Waals surface area contributed by atoms with Crippen LogP contribution in [0.3, 0.4) is 0 Å². The van der Waals surface area contributed by atoms with Crippen molar-refractivity contribution in [3.05, 3.63) is 60.2 Å². The van der Waals surface area contributed by atoms with Crippen molar-refractivity contribution in [1.82, 2.24) is 5.32 Å². The van der Waals surface area contributed by atoms with E-state index in [-0.39, 0.29) is 18.8 Å². The standard InChI is InChI=1S/C19H22FNO3/c20-10-12-22-16-8-4-5-9-17(16)24-19(15-6-2-1-3-7-15)18-14-21-11-13-23-18/h1-9,18-19,21H,10-14H2/t18-,19?/m0/s1. The summed E-state index contributed by atoms with van der Waals surface area (Å²) in [5.41, 5.74) is 1.03. The Morgan fingerprint density at radius 2 is 1.83 bits per heavy atom. The van der Waals surface area contributed by atoms with Crippen molar-refractivity contribution in [2.75, 3.05) is 33.0 Å². The van der Waals surface area contributed by atoms with Gasteiger partial charge in [0.25, 0.3) is 0 Å². The fourth-order valence-electron chi connectivity index (χ4n) is 2.73. The van der Waals surface area contributed by atoms with Crippen LogP contribution in [0.15, 0.2) is 54.6 Å². The average Bonchev–Trinajstić information content (AvgIpc) is 2.66. The number of nitrogens with one attached hydrogen (secondary N) is 1. The molecule has 1 N–H and O–H groups in total. The summed E-state index contributed by atoms with van der Waals surface area (Å²) in [6.45, 7) is 1.68. The summed E-state index contributed by atoms with van der Waals surface area (Å²) in [5.74, 6) is 1.13. The van der Waals surface area contributed by atoms with Crippen molar-refractivity contribution in [3.8, 4) is 11.5 Å². The van der Waals surface area contributed by atoms with E-state index >= 15 is 0 Å². The Morgan fingerprint density at radius 1 is 1.08 bits per heavy atom. The fourth-order valence-corrected chi connectivity index (χ4v) is 2.73. The Hall–Kier alpha value is -2.11. The third-order valence-corrected chi connectivity index (χ3v) is 3.86. The Balaban J connectivity index is 1.84. The molecule has 0 spiro atoms. The van der Waals surface area contributed by atoms with Gasteiger partial charge in [-0.2, -0.15) is 0 Å². The van der Waals surface area contributed by atoms with Crippen LogP contribution in [-0.2, 0) is 4.74 Å². The van der Waals surface area contributed by atoms with Gasteiger partial charge in [-0.25, -0.2) is 4.39 Å². The molecule has 1 aliphatic heterocycles. The van der Waals surface area contributed by atoms with Gasteiger partial charge in [0.15, 0.2) is 17.6 Å². The van der Waals surface area contributed by atoms with Crippen LogP contribution in [0.2, 0.25) is 0 Å². The van der Waals surface area contributed by atoms with Crippen LogP contribution in [0.1, 0.15) is 11.7 Å².